The van der Waals surface area contributed by atoms with Crippen molar-refractivity contribution in [2.45, 2.75) is 0 Å². The molecule has 0 unspecified atom stereocenters. The van der Waals surface area contributed by atoms with Crippen molar-refractivity contribution >= 4 is 41.2 Å². The van der Waals surface area contributed by atoms with Gasteiger partial charge in [0.25, 0.3) is 0 Å². The van der Waals surface area contributed by atoms with E-state index in [1.807, 2.05) is 0 Å². The summed E-state index contributed by atoms with van der Waals surface area (Å²) in [5.41, 5.74) is -2.36. The first-order valence-corrected chi connectivity index (χ1v) is 13.4. The molecule has 2 aromatic carbocycles. The molecule has 2 aromatic heterocycles. The Labute approximate surface area is 298 Å². The lowest BCUT2D eigenvalue weighted by Crippen LogP contribution is -2.22. The molecule has 0 aliphatic carbocycles. The molecule has 0 saturated heterocycles. The minimum atomic E-state index is -2.30. The molecule has 28 heteroatoms. The number of H-pyrrole nitrogens is 2. The average Bonchev–Trinajstić information content (AvgIpc) is 3.12. The smallest absolute Gasteiger partial charge is 0.323 e. The molecule has 0 radical (unpaired) electrons. The Kier molecular flexibility index (Phi) is 19.9. The summed E-state index contributed by atoms with van der Waals surface area (Å²) in [4.78, 5) is 55.7. The Morgan fingerprint density at radius 3 is 0.927 bits per heavy atom. The van der Waals surface area contributed by atoms with Gasteiger partial charge in [0, 0.05) is 38.4 Å². The summed E-state index contributed by atoms with van der Waals surface area (Å²) in [6, 6.07) is 3.33. The van der Waals surface area contributed by atoms with Crippen LogP contribution in [0.3, 0.4) is 0 Å². The quantitative estimate of drug-likeness (QED) is 0.0533. The summed E-state index contributed by atoms with van der Waals surface area (Å²) in [5, 5.41) is 37.0. The molecule has 55 heavy (non-hydrogen) atoms. The van der Waals surface area contributed by atoms with Gasteiger partial charge in [-0.25, -0.2) is 63.5 Å². The van der Waals surface area contributed by atoms with E-state index in [2.05, 4.69) is 20.6 Å². The fraction of sp³-hybridized carbons (Fsp3) is 0.0741. The maximum absolute atomic E-state index is 13.3. The first kappa shape index (κ1) is 47.4. The minimum Gasteiger partial charge on any atom is -0.356 e. The lowest BCUT2D eigenvalue weighted by molar-refractivity contribution is -0.403. The predicted molar refractivity (Wildman–Crippen MR) is 164 cm³/mol. The average molecular weight is 805 g/mol. The number of carbonyl (C=O) groups is 3. The van der Waals surface area contributed by atoms with Gasteiger partial charge in [-0.05, 0) is 0 Å². The molecule has 298 valence electrons. The first-order chi connectivity index (χ1) is 25.6. The molecule has 2 heterocycles. The van der Waals surface area contributed by atoms with E-state index < -0.39 is 91.8 Å². The summed E-state index contributed by atoms with van der Waals surface area (Å²) in [6.07, 6.45) is 6.56. The van der Waals surface area contributed by atoms with Gasteiger partial charge in [-0.15, -0.1) is 0 Å². The number of anilines is 4. The highest BCUT2D eigenvalue weighted by atomic mass is 19.2. The zero-order chi connectivity index (χ0) is 42.6. The van der Waals surface area contributed by atoms with Gasteiger partial charge in [-0.3, -0.25) is 4.79 Å². The number of rotatable bonds is 5. The fourth-order valence-corrected chi connectivity index (χ4v) is 2.92. The van der Waals surface area contributed by atoms with E-state index in [0.29, 0.717) is 0 Å². The lowest BCUT2D eigenvalue weighted by atomic mass is 10.2. The molecular formula is C27H21F10N9O9. The molecule has 4 aromatic rings. The van der Waals surface area contributed by atoms with Crippen molar-refractivity contribution < 1.29 is 78.4 Å². The number of carbonyl (C=O) groups excluding carboxylic acids is 3. The van der Waals surface area contributed by atoms with Crippen molar-refractivity contribution in [2.75, 3.05) is 35.4 Å². The van der Waals surface area contributed by atoms with Crippen LogP contribution < -0.4 is 31.2 Å². The zero-order valence-electron chi connectivity index (χ0n) is 27.0. The van der Waals surface area contributed by atoms with E-state index in [9.17, 15) is 58.3 Å². The molecule has 0 fully saturated rings. The Hall–Kier alpha value is -7.55. The van der Waals surface area contributed by atoms with Crippen LogP contribution in [0.15, 0.2) is 49.1 Å². The van der Waals surface area contributed by atoms with E-state index >= 15 is 0 Å². The van der Waals surface area contributed by atoms with Crippen LogP contribution in [0.2, 0.25) is 0 Å². The Morgan fingerprint density at radius 2 is 0.727 bits per heavy atom. The summed E-state index contributed by atoms with van der Waals surface area (Å²) in [5.74, 6) is -21.6. The van der Waals surface area contributed by atoms with Crippen LogP contribution in [0.25, 0.3) is 0 Å². The highest BCUT2D eigenvalue weighted by Gasteiger charge is 2.28. The number of hydrogen-bond acceptors (Lipinski definition) is 9. The van der Waals surface area contributed by atoms with Crippen molar-refractivity contribution in [2.24, 2.45) is 0 Å². The zero-order valence-corrected chi connectivity index (χ0v) is 27.0. The molecule has 18 nitrogen and oxygen atoms in total. The number of urea groups is 2. The Morgan fingerprint density at radius 1 is 0.527 bits per heavy atom. The topological polar surface area (TPSA) is 263 Å². The third-order valence-corrected chi connectivity index (χ3v) is 5.06. The molecule has 4 rings (SSSR count). The molecular weight excluding hydrogens is 784 g/mol. The summed E-state index contributed by atoms with van der Waals surface area (Å²) >= 11 is 0. The molecule has 0 atom stereocenters. The van der Waals surface area contributed by atoms with Crippen LogP contribution in [-0.4, -0.2) is 47.6 Å². The van der Waals surface area contributed by atoms with E-state index in [1.165, 1.54) is 54.0 Å². The van der Waals surface area contributed by atoms with E-state index in [4.69, 9.17) is 30.6 Å². The van der Waals surface area contributed by atoms with Crippen molar-refractivity contribution in [1.82, 2.24) is 4.90 Å². The summed E-state index contributed by atoms with van der Waals surface area (Å²) < 4.78 is 131. The monoisotopic (exact) mass is 805 g/mol. The fourth-order valence-electron chi connectivity index (χ4n) is 2.92. The second-order valence-corrected chi connectivity index (χ2v) is 9.14. The largest absolute Gasteiger partial charge is 0.356 e. The minimum absolute atomic E-state index is 0.245. The van der Waals surface area contributed by atoms with Gasteiger partial charge >= 0.3 is 12.1 Å². The van der Waals surface area contributed by atoms with E-state index in [-0.39, 0.29) is 11.4 Å². The van der Waals surface area contributed by atoms with Crippen LogP contribution in [-0.2, 0) is 4.79 Å². The number of hydrogen-bond donors (Lipinski definition) is 4. The highest BCUT2D eigenvalue weighted by Crippen LogP contribution is 2.28. The molecule has 5 amide bonds. The molecule has 0 aliphatic heterocycles. The van der Waals surface area contributed by atoms with Gasteiger partial charge in [-0.2, -0.15) is 0 Å². The van der Waals surface area contributed by atoms with E-state index in [1.54, 1.807) is 24.7 Å². The maximum Gasteiger partial charge on any atom is 0.323 e. The lowest BCUT2D eigenvalue weighted by Gasteiger charge is -2.10. The van der Waals surface area contributed by atoms with Crippen LogP contribution in [0, 0.1) is 88.8 Å². The molecule has 0 saturated carbocycles. The second-order valence-electron chi connectivity index (χ2n) is 9.14. The predicted octanol–water partition coefficient (Wildman–Crippen LogP) is 4.91. The highest BCUT2D eigenvalue weighted by molar-refractivity contribution is 6.00. The van der Waals surface area contributed by atoms with Gasteiger partial charge < -0.3 is 56.8 Å². The van der Waals surface area contributed by atoms with Crippen molar-refractivity contribution in [3.8, 4) is 0 Å². The standard InChI is InChI=1S/2C12H6F5N3O.C3H7NO.2NO3/c2*13-6-7(14)9(16)11(10(17)8(6)15)20-12(21)19-5-1-3-18-4-2-5;1-4(2)3-5;2*2-1(3)4/h2*1-4H,(H2,18,19,20,21);3H,1-2H3;;/q;;;2*-1/p+2. The van der Waals surface area contributed by atoms with Crippen LogP contribution in [0.1, 0.15) is 0 Å². The number of nitrogens with zero attached hydrogens (tertiary/aromatic N) is 3. The van der Waals surface area contributed by atoms with Crippen LogP contribution in [0.5, 0.6) is 0 Å². The molecule has 0 bridgehead atoms. The van der Waals surface area contributed by atoms with Crippen LogP contribution in [0.4, 0.5) is 76.2 Å². The number of benzene rings is 2. The number of aromatic amines is 2. The first-order valence-electron chi connectivity index (χ1n) is 13.4. The summed E-state index contributed by atoms with van der Waals surface area (Å²) in [7, 11) is 3.38. The normalized spacial score (nSPS) is 9.38. The number of pyridine rings is 2. The number of amides is 5. The van der Waals surface area contributed by atoms with Gasteiger partial charge in [0.1, 0.15) is 11.4 Å². The van der Waals surface area contributed by atoms with Gasteiger partial charge in [0.2, 0.25) is 18.0 Å². The summed E-state index contributed by atoms with van der Waals surface area (Å²) in [6.45, 7) is 0. The maximum atomic E-state index is 13.3. The number of nitrogens with one attached hydrogen (secondary N) is 6. The van der Waals surface area contributed by atoms with Gasteiger partial charge in [0.05, 0.1) is 21.5 Å². The van der Waals surface area contributed by atoms with Crippen molar-refractivity contribution in [3.63, 3.8) is 0 Å². The van der Waals surface area contributed by atoms with Gasteiger partial charge in [0.15, 0.2) is 71.3 Å². The third kappa shape index (κ3) is 16.6. The van der Waals surface area contributed by atoms with E-state index in [0.717, 1.165) is 6.41 Å². The van der Waals surface area contributed by atoms with Crippen molar-refractivity contribution in [1.29, 1.82) is 0 Å². The van der Waals surface area contributed by atoms with Crippen LogP contribution >= 0.6 is 0 Å². The molecule has 0 aliphatic rings. The molecule has 6 N–H and O–H groups in total. The van der Waals surface area contributed by atoms with Gasteiger partial charge in [-0.1, -0.05) is 0 Å². The number of aromatic nitrogens is 2. The SMILES string of the molecule is CN(C)C=O.O=C(Nc1cc[nH+]cc1)Nc1c(F)c(F)c(F)c(F)c1F.O=C(Nc1cc[nH+]cc1)Nc1c(F)c(F)c(F)c(F)c1F.O=[N+]([O-])[O-].O=[N+]([O-])[O-]. The molecule has 0 spiro atoms. The Bertz CT molecular complexity index is 1760. The van der Waals surface area contributed by atoms with Crippen molar-refractivity contribution in [3.05, 3.63) is 138 Å². The number of halogens is 10. The Balaban J connectivity index is 0.000000806. The third-order valence-electron chi connectivity index (χ3n) is 5.06. The second kappa shape index (κ2) is 23.1.